The maximum absolute atomic E-state index is 13.0. The number of methoxy groups -OCH3 is 1. The van der Waals surface area contributed by atoms with Gasteiger partial charge in [0.2, 0.25) is 0 Å². The first-order chi connectivity index (χ1) is 16.2. The zero-order chi connectivity index (χ0) is 22.6. The molecule has 4 heterocycles. The number of pyridine rings is 2. The van der Waals surface area contributed by atoms with Crippen LogP contribution in [0.15, 0.2) is 79.4 Å². The molecule has 166 valence electrons. The Kier molecular flexibility index (Phi) is 5.72. The number of piperazine rings is 1. The van der Waals surface area contributed by atoms with Crippen molar-refractivity contribution < 1.29 is 9.53 Å². The van der Waals surface area contributed by atoms with Crippen LogP contribution in [-0.2, 0) is 0 Å². The third-order valence-electron chi connectivity index (χ3n) is 5.77. The Labute approximate surface area is 192 Å². The highest BCUT2D eigenvalue weighted by molar-refractivity contribution is 5.94. The van der Waals surface area contributed by atoms with Crippen molar-refractivity contribution in [1.29, 1.82) is 0 Å². The van der Waals surface area contributed by atoms with Crippen molar-refractivity contribution in [2.75, 3.05) is 38.2 Å². The summed E-state index contributed by atoms with van der Waals surface area (Å²) < 4.78 is 6.99. The second kappa shape index (κ2) is 9.12. The lowest BCUT2D eigenvalue weighted by atomic mass is 10.1. The quantitative estimate of drug-likeness (QED) is 0.474. The molecule has 1 aliphatic rings. The molecule has 0 N–H and O–H groups in total. The van der Waals surface area contributed by atoms with E-state index in [0.29, 0.717) is 18.7 Å². The van der Waals surface area contributed by atoms with Gasteiger partial charge >= 0.3 is 0 Å². The van der Waals surface area contributed by atoms with Crippen molar-refractivity contribution in [3.63, 3.8) is 0 Å². The van der Waals surface area contributed by atoms with Gasteiger partial charge in [-0.1, -0.05) is 6.07 Å². The van der Waals surface area contributed by atoms with E-state index in [4.69, 9.17) is 4.74 Å². The smallest absolute Gasteiger partial charge is 0.255 e. The third-order valence-corrected chi connectivity index (χ3v) is 5.77. The van der Waals surface area contributed by atoms with Crippen molar-refractivity contribution >= 4 is 11.7 Å². The van der Waals surface area contributed by atoms with Crippen molar-refractivity contribution in [2.45, 2.75) is 0 Å². The normalized spacial score (nSPS) is 13.7. The molecule has 0 bridgehead atoms. The van der Waals surface area contributed by atoms with E-state index in [-0.39, 0.29) is 5.91 Å². The fourth-order valence-corrected chi connectivity index (χ4v) is 3.88. The molecule has 3 aromatic heterocycles. The minimum absolute atomic E-state index is 0.00338. The first-order valence-electron chi connectivity index (χ1n) is 10.8. The Morgan fingerprint density at radius 2 is 1.73 bits per heavy atom. The van der Waals surface area contributed by atoms with Crippen LogP contribution in [0.3, 0.4) is 0 Å². The summed E-state index contributed by atoms with van der Waals surface area (Å²) in [6.07, 6.45) is 7.13. The highest BCUT2D eigenvalue weighted by Gasteiger charge is 2.23. The summed E-state index contributed by atoms with van der Waals surface area (Å²) in [6.45, 7) is 2.84. The molecule has 0 aliphatic carbocycles. The molecule has 4 aromatic rings. The number of anilines is 1. The van der Waals surface area contributed by atoms with Crippen molar-refractivity contribution in [1.82, 2.24) is 24.6 Å². The van der Waals surface area contributed by atoms with Crippen LogP contribution in [0.5, 0.6) is 5.75 Å². The molecule has 0 atom stereocenters. The topological polar surface area (TPSA) is 76.4 Å². The van der Waals surface area contributed by atoms with Crippen molar-refractivity contribution in [3.8, 4) is 22.7 Å². The van der Waals surface area contributed by atoms with Gasteiger partial charge in [0.1, 0.15) is 11.6 Å². The summed E-state index contributed by atoms with van der Waals surface area (Å²) in [5, 5.41) is 4.43. The monoisotopic (exact) mass is 440 g/mol. The minimum Gasteiger partial charge on any atom is -0.497 e. The summed E-state index contributed by atoms with van der Waals surface area (Å²) in [4.78, 5) is 25.9. The van der Waals surface area contributed by atoms with E-state index < -0.39 is 0 Å². The van der Waals surface area contributed by atoms with E-state index in [1.807, 2.05) is 65.7 Å². The molecule has 1 amide bonds. The van der Waals surface area contributed by atoms with Gasteiger partial charge in [-0.25, -0.2) is 9.67 Å². The summed E-state index contributed by atoms with van der Waals surface area (Å²) in [6, 6.07) is 17.3. The lowest BCUT2D eigenvalue weighted by Crippen LogP contribution is -2.49. The Morgan fingerprint density at radius 3 is 2.39 bits per heavy atom. The van der Waals surface area contributed by atoms with Gasteiger partial charge in [-0.3, -0.25) is 9.78 Å². The van der Waals surface area contributed by atoms with Crippen molar-refractivity contribution in [3.05, 3.63) is 84.9 Å². The van der Waals surface area contributed by atoms with E-state index in [1.165, 1.54) is 0 Å². The number of aromatic nitrogens is 4. The summed E-state index contributed by atoms with van der Waals surface area (Å²) >= 11 is 0. The van der Waals surface area contributed by atoms with Gasteiger partial charge < -0.3 is 14.5 Å². The summed E-state index contributed by atoms with van der Waals surface area (Å²) in [5.41, 5.74) is 3.17. The highest BCUT2D eigenvalue weighted by atomic mass is 16.5. The maximum Gasteiger partial charge on any atom is 0.255 e. The second-order valence-corrected chi connectivity index (χ2v) is 7.77. The number of nitrogens with zero attached hydrogens (tertiary/aromatic N) is 6. The molecular weight excluding hydrogens is 416 g/mol. The molecular formula is C25H24N6O2. The number of hydrogen-bond acceptors (Lipinski definition) is 6. The number of ether oxygens (including phenoxy) is 1. The standard InChI is InChI=1S/C25H24N6O2/c1-33-22-8-6-21(7-9-22)31-18-20(17-28-31)23-10-5-19(16-27-23)25(32)30-14-12-29(13-15-30)24-4-2-3-11-26-24/h2-11,16-18H,12-15H2,1H3. The highest BCUT2D eigenvalue weighted by Crippen LogP contribution is 2.21. The Bertz CT molecular complexity index is 1210. The van der Waals surface area contributed by atoms with Gasteiger partial charge in [0.15, 0.2) is 0 Å². The van der Waals surface area contributed by atoms with Gasteiger partial charge in [-0.15, -0.1) is 0 Å². The molecule has 1 saturated heterocycles. The van der Waals surface area contributed by atoms with Gasteiger partial charge in [0, 0.05) is 50.3 Å². The molecule has 0 saturated carbocycles. The number of carbonyl (C=O) groups excluding carboxylic acids is 1. The van der Waals surface area contributed by atoms with Gasteiger partial charge in [-0.05, 0) is 48.5 Å². The molecule has 0 spiro atoms. The van der Waals surface area contributed by atoms with Gasteiger partial charge in [-0.2, -0.15) is 5.10 Å². The van der Waals surface area contributed by atoms with E-state index in [0.717, 1.165) is 41.6 Å². The van der Waals surface area contributed by atoms with Crippen LogP contribution in [0.4, 0.5) is 5.82 Å². The third kappa shape index (κ3) is 4.41. The van der Waals surface area contributed by atoms with E-state index in [9.17, 15) is 4.79 Å². The average Bonchev–Trinajstić information content (AvgIpc) is 3.39. The van der Waals surface area contributed by atoms with Crippen molar-refractivity contribution in [2.24, 2.45) is 0 Å². The maximum atomic E-state index is 13.0. The molecule has 1 aromatic carbocycles. The molecule has 8 heteroatoms. The zero-order valence-electron chi connectivity index (χ0n) is 18.3. The molecule has 1 aliphatic heterocycles. The van der Waals surface area contributed by atoms with Crippen LogP contribution >= 0.6 is 0 Å². The SMILES string of the molecule is COc1ccc(-n2cc(-c3ccc(C(=O)N4CCN(c5ccccn5)CC4)cn3)cn2)cc1. The molecule has 0 radical (unpaired) electrons. The van der Waals surface area contributed by atoms with E-state index in [2.05, 4.69) is 20.0 Å². The van der Waals surface area contributed by atoms with E-state index in [1.54, 1.807) is 30.4 Å². The molecule has 5 rings (SSSR count). The van der Waals surface area contributed by atoms with Crippen LogP contribution in [0.25, 0.3) is 16.9 Å². The zero-order valence-corrected chi connectivity index (χ0v) is 18.3. The largest absolute Gasteiger partial charge is 0.497 e. The Morgan fingerprint density at radius 1 is 0.909 bits per heavy atom. The fourth-order valence-electron chi connectivity index (χ4n) is 3.88. The number of rotatable bonds is 5. The Hall–Kier alpha value is -4.20. The lowest BCUT2D eigenvalue weighted by molar-refractivity contribution is 0.0746. The summed E-state index contributed by atoms with van der Waals surface area (Å²) in [7, 11) is 1.64. The van der Waals surface area contributed by atoms with Gasteiger partial charge in [0.25, 0.3) is 5.91 Å². The fraction of sp³-hybridized carbons (Fsp3) is 0.200. The summed E-state index contributed by atoms with van der Waals surface area (Å²) in [5.74, 6) is 1.75. The first-order valence-corrected chi connectivity index (χ1v) is 10.8. The first kappa shape index (κ1) is 20.7. The van der Waals surface area contributed by atoms with Gasteiger partial charge in [0.05, 0.1) is 30.3 Å². The molecule has 1 fully saturated rings. The van der Waals surface area contributed by atoms with Crippen LogP contribution < -0.4 is 9.64 Å². The molecule has 0 unspecified atom stereocenters. The molecule has 8 nitrogen and oxygen atoms in total. The molecule has 33 heavy (non-hydrogen) atoms. The number of hydrogen-bond donors (Lipinski definition) is 0. The Balaban J connectivity index is 1.23. The number of benzene rings is 1. The van der Waals surface area contributed by atoms with Crippen LogP contribution in [0.2, 0.25) is 0 Å². The second-order valence-electron chi connectivity index (χ2n) is 7.77. The predicted molar refractivity (Wildman–Crippen MR) is 126 cm³/mol. The number of amides is 1. The van der Waals surface area contributed by atoms with Crippen LogP contribution in [0.1, 0.15) is 10.4 Å². The van der Waals surface area contributed by atoms with Crippen LogP contribution in [0, 0.1) is 0 Å². The lowest BCUT2D eigenvalue weighted by Gasteiger charge is -2.35. The average molecular weight is 441 g/mol. The minimum atomic E-state index is 0.00338. The predicted octanol–water partition coefficient (Wildman–Crippen LogP) is 3.30. The number of carbonyl (C=O) groups is 1. The van der Waals surface area contributed by atoms with E-state index >= 15 is 0 Å². The van der Waals surface area contributed by atoms with Crippen LogP contribution in [-0.4, -0.2) is 63.8 Å².